The molecule has 2 heteroatoms. The van der Waals surface area contributed by atoms with E-state index in [1.807, 2.05) is 0 Å². The van der Waals surface area contributed by atoms with Gasteiger partial charge in [-0.2, -0.15) is 0 Å². The fourth-order valence-electron chi connectivity index (χ4n) is 2.58. The molecule has 2 unspecified atom stereocenters. The number of ketones is 1. The van der Waals surface area contributed by atoms with Gasteiger partial charge in [-0.05, 0) is 44.1 Å². The standard InChI is InChI=1S/C10H17NO/c1-8(12)5-9-6-10(9)3-2-4-11-7-10/h9,11H,2-7H2,1H3. The first kappa shape index (κ1) is 8.24. The molecule has 0 aromatic rings. The second-order valence-corrected chi connectivity index (χ2v) is 4.45. The number of hydrogen-bond acceptors (Lipinski definition) is 2. The van der Waals surface area contributed by atoms with E-state index in [1.165, 1.54) is 25.8 Å². The van der Waals surface area contributed by atoms with E-state index in [0.717, 1.165) is 13.0 Å². The van der Waals surface area contributed by atoms with E-state index in [0.29, 0.717) is 17.1 Å². The van der Waals surface area contributed by atoms with E-state index in [-0.39, 0.29) is 0 Å². The minimum atomic E-state index is 0.363. The van der Waals surface area contributed by atoms with Crippen molar-refractivity contribution >= 4 is 5.78 Å². The third kappa shape index (κ3) is 1.40. The van der Waals surface area contributed by atoms with Crippen molar-refractivity contribution in [3.05, 3.63) is 0 Å². The number of carbonyl (C=O) groups is 1. The quantitative estimate of drug-likeness (QED) is 0.672. The molecule has 1 spiro atoms. The molecule has 1 saturated heterocycles. The minimum Gasteiger partial charge on any atom is -0.316 e. The number of piperidine rings is 1. The zero-order valence-corrected chi connectivity index (χ0v) is 7.73. The monoisotopic (exact) mass is 167 g/mol. The van der Waals surface area contributed by atoms with Crippen molar-refractivity contribution in [2.75, 3.05) is 13.1 Å². The highest BCUT2D eigenvalue weighted by Crippen LogP contribution is 2.58. The van der Waals surface area contributed by atoms with E-state index in [2.05, 4.69) is 5.32 Å². The highest BCUT2D eigenvalue weighted by atomic mass is 16.1. The number of nitrogens with one attached hydrogen (secondary N) is 1. The topological polar surface area (TPSA) is 29.1 Å². The molecular formula is C10H17NO. The van der Waals surface area contributed by atoms with Gasteiger partial charge in [0.2, 0.25) is 0 Å². The molecule has 12 heavy (non-hydrogen) atoms. The van der Waals surface area contributed by atoms with Crippen LogP contribution in [0.4, 0.5) is 0 Å². The SMILES string of the molecule is CC(=O)CC1CC12CCCNC2. The number of hydrogen-bond donors (Lipinski definition) is 1. The third-order valence-corrected chi connectivity index (χ3v) is 3.40. The van der Waals surface area contributed by atoms with E-state index in [1.54, 1.807) is 6.92 Å². The van der Waals surface area contributed by atoms with Crippen LogP contribution in [0.25, 0.3) is 0 Å². The summed E-state index contributed by atoms with van der Waals surface area (Å²) in [6.45, 7) is 4.04. The Kier molecular flexibility index (Phi) is 1.95. The lowest BCUT2D eigenvalue weighted by Crippen LogP contribution is -2.32. The van der Waals surface area contributed by atoms with Crippen LogP contribution in [0.3, 0.4) is 0 Å². The Labute approximate surface area is 73.7 Å². The van der Waals surface area contributed by atoms with E-state index >= 15 is 0 Å². The summed E-state index contributed by atoms with van der Waals surface area (Å²) < 4.78 is 0. The Morgan fingerprint density at radius 2 is 2.50 bits per heavy atom. The summed E-state index contributed by atoms with van der Waals surface area (Å²) in [5, 5.41) is 3.43. The van der Waals surface area contributed by atoms with Crippen LogP contribution >= 0.6 is 0 Å². The van der Waals surface area contributed by atoms with Crippen LogP contribution in [0.1, 0.15) is 32.6 Å². The van der Waals surface area contributed by atoms with Gasteiger partial charge in [-0.1, -0.05) is 0 Å². The number of Topliss-reactive ketones (excluding diaryl/α,β-unsaturated/α-hetero) is 1. The molecule has 2 rings (SSSR count). The summed E-state index contributed by atoms with van der Waals surface area (Å²) in [6.07, 6.45) is 4.76. The summed E-state index contributed by atoms with van der Waals surface area (Å²) in [4.78, 5) is 10.9. The first-order chi connectivity index (χ1) is 5.73. The molecule has 1 aliphatic heterocycles. The second-order valence-electron chi connectivity index (χ2n) is 4.45. The zero-order chi connectivity index (χ0) is 8.60. The van der Waals surface area contributed by atoms with Gasteiger partial charge in [0, 0.05) is 13.0 Å². The van der Waals surface area contributed by atoms with E-state index < -0.39 is 0 Å². The van der Waals surface area contributed by atoms with Crippen LogP contribution in [0.15, 0.2) is 0 Å². The maximum absolute atomic E-state index is 10.9. The van der Waals surface area contributed by atoms with Gasteiger partial charge >= 0.3 is 0 Å². The van der Waals surface area contributed by atoms with Crippen LogP contribution in [0, 0.1) is 11.3 Å². The van der Waals surface area contributed by atoms with Gasteiger partial charge in [-0.3, -0.25) is 0 Å². The largest absolute Gasteiger partial charge is 0.316 e. The maximum Gasteiger partial charge on any atom is 0.130 e. The average Bonchev–Trinajstić information content (AvgIpc) is 2.63. The average molecular weight is 167 g/mol. The molecule has 2 nitrogen and oxygen atoms in total. The molecule has 1 N–H and O–H groups in total. The van der Waals surface area contributed by atoms with E-state index in [4.69, 9.17) is 0 Å². The van der Waals surface area contributed by atoms with Gasteiger partial charge in [0.1, 0.15) is 5.78 Å². The predicted octanol–water partition coefficient (Wildman–Crippen LogP) is 1.36. The molecule has 2 fully saturated rings. The molecule has 0 aromatic carbocycles. The van der Waals surface area contributed by atoms with Crippen molar-refractivity contribution in [3.63, 3.8) is 0 Å². The van der Waals surface area contributed by atoms with Crippen molar-refractivity contribution in [1.29, 1.82) is 0 Å². The lowest BCUT2D eigenvalue weighted by Gasteiger charge is -2.23. The Morgan fingerprint density at radius 1 is 1.67 bits per heavy atom. The molecule has 1 saturated carbocycles. The normalized spacial score (nSPS) is 39.9. The highest BCUT2D eigenvalue weighted by molar-refractivity contribution is 5.76. The molecule has 1 aliphatic carbocycles. The van der Waals surface area contributed by atoms with Crippen molar-refractivity contribution in [1.82, 2.24) is 5.32 Å². The molecule has 2 aliphatic rings. The number of rotatable bonds is 2. The predicted molar refractivity (Wildman–Crippen MR) is 47.9 cm³/mol. The second kappa shape index (κ2) is 2.84. The van der Waals surface area contributed by atoms with Crippen LogP contribution < -0.4 is 5.32 Å². The third-order valence-electron chi connectivity index (χ3n) is 3.40. The summed E-state index contributed by atoms with van der Waals surface area (Å²) in [5.41, 5.74) is 0.546. The summed E-state index contributed by atoms with van der Waals surface area (Å²) in [7, 11) is 0. The van der Waals surface area contributed by atoms with Gasteiger partial charge in [0.05, 0.1) is 0 Å². The first-order valence-corrected chi connectivity index (χ1v) is 4.93. The van der Waals surface area contributed by atoms with Gasteiger partial charge in [0.15, 0.2) is 0 Å². The Morgan fingerprint density at radius 3 is 3.08 bits per heavy atom. The molecular weight excluding hydrogens is 150 g/mol. The van der Waals surface area contributed by atoms with E-state index in [9.17, 15) is 4.79 Å². The molecule has 2 atom stereocenters. The molecule has 68 valence electrons. The van der Waals surface area contributed by atoms with Crippen LogP contribution in [-0.4, -0.2) is 18.9 Å². The van der Waals surface area contributed by atoms with Gasteiger partial charge in [-0.25, -0.2) is 0 Å². The Bertz CT molecular complexity index is 194. The lowest BCUT2D eigenvalue weighted by atomic mass is 9.92. The summed E-state index contributed by atoms with van der Waals surface area (Å²) in [5.74, 6) is 1.07. The van der Waals surface area contributed by atoms with Crippen molar-refractivity contribution in [2.45, 2.75) is 32.6 Å². The molecule has 0 radical (unpaired) electrons. The fraction of sp³-hybridized carbons (Fsp3) is 0.900. The number of carbonyl (C=O) groups excluding carboxylic acids is 1. The van der Waals surface area contributed by atoms with Gasteiger partial charge < -0.3 is 10.1 Å². The van der Waals surface area contributed by atoms with Gasteiger partial charge in [-0.15, -0.1) is 0 Å². The van der Waals surface area contributed by atoms with Gasteiger partial charge in [0.25, 0.3) is 0 Å². The summed E-state index contributed by atoms with van der Waals surface area (Å²) in [6, 6.07) is 0. The first-order valence-electron chi connectivity index (χ1n) is 4.93. The Balaban J connectivity index is 1.86. The Hall–Kier alpha value is -0.370. The van der Waals surface area contributed by atoms with Crippen LogP contribution in [-0.2, 0) is 4.79 Å². The maximum atomic E-state index is 10.9. The van der Waals surface area contributed by atoms with Crippen LogP contribution in [0.5, 0.6) is 0 Å². The summed E-state index contributed by atoms with van der Waals surface area (Å²) >= 11 is 0. The minimum absolute atomic E-state index is 0.363. The zero-order valence-electron chi connectivity index (χ0n) is 7.73. The van der Waals surface area contributed by atoms with Crippen molar-refractivity contribution in [3.8, 4) is 0 Å². The molecule has 0 bridgehead atoms. The molecule has 0 aromatic heterocycles. The smallest absolute Gasteiger partial charge is 0.130 e. The van der Waals surface area contributed by atoms with Crippen molar-refractivity contribution in [2.24, 2.45) is 11.3 Å². The molecule has 1 heterocycles. The molecule has 0 amide bonds. The van der Waals surface area contributed by atoms with Crippen molar-refractivity contribution < 1.29 is 4.79 Å². The highest BCUT2D eigenvalue weighted by Gasteiger charge is 2.53. The fourth-order valence-corrected chi connectivity index (χ4v) is 2.58. The van der Waals surface area contributed by atoms with Crippen LogP contribution in [0.2, 0.25) is 0 Å². The lowest BCUT2D eigenvalue weighted by molar-refractivity contribution is -0.117.